The summed E-state index contributed by atoms with van der Waals surface area (Å²) in [5.41, 5.74) is 4.07. The van der Waals surface area contributed by atoms with Crippen molar-refractivity contribution in [3.63, 3.8) is 0 Å². The van der Waals surface area contributed by atoms with E-state index in [-0.39, 0.29) is 29.4 Å². The van der Waals surface area contributed by atoms with Gasteiger partial charge in [0, 0.05) is 42.1 Å². The molecule has 0 atom stereocenters. The van der Waals surface area contributed by atoms with Gasteiger partial charge in [-0.2, -0.15) is 0 Å². The van der Waals surface area contributed by atoms with Crippen LogP contribution in [-0.4, -0.2) is 44.3 Å². The predicted molar refractivity (Wildman–Crippen MR) is 110 cm³/mol. The van der Waals surface area contributed by atoms with Crippen molar-refractivity contribution >= 4 is 40.8 Å². The van der Waals surface area contributed by atoms with Crippen LogP contribution in [0.2, 0.25) is 0 Å². The Bertz CT molecular complexity index is 706. The number of halogens is 1. The number of fused-ring (bicyclic) bond motifs is 1. The second-order valence-corrected chi connectivity index (χ2v) is 6.68. The van der Waals surface area contributed by atoms with Crippen LogP contribution in [0.1, 0.15) is 18.2 Å². The molecule has 1 aromatic carbocycles. The maximum Gasteiger partial charge on any atom is 0.191 e. The van der Waals surface area contributed by atoms with Crippen molar-refractivity contribution in [1.82, 2.24) is 15.6 Å². The number of aromatic nitrogens is 1. The van der Waals surface area contributed by atoms with Crippen molar-refractivity contribution in [2.24, 2.45) is 10.4 Å². The summed E-state index contributed by atoms with van der Waals surface area (Å²) >= 11 is 0. The van der Waals surface area contributed by atoms with E-state index < -0.39 is 0 Å². The van der Waals surface area contributed by atoms with Gasteiger partial charge in [-0.1, -0.05) is 25.1 Å². The first-order chi connectivity index (χ1) is 11.1. The van der Waals surface area contributed by atoms with Gasteiger partial charge in [-0.25, -0.2) is 0 Å². The third kappa shape index (κ3) is 4.22. The molecule has 0 radical (unpaired) electrons. The molecule has 3 rings (SSSR count). The van der Waals surface area contributed by atoms with E-state index in [2.05, 4.69) is 58.7 Å². The first-order valence-electron chi connectivity index (χ1n) is 8.20. The number of aliphatic imine (C=N–C) groups is 1. The molecule has 1 fully saturated rings. The van der Waals surface area contributed by atoms with Crippen molar-refractivity contribution in [3.05, 3.63) is 35.5 Å². The SMILES string of the molecule is CN=C(NCCc1c(C)[nH]c2ccccc12)NCC1(C)COC1.I. The Hall–Kier alpha value is -1.28. The lowest BCUT2D eigenvalue weighted by atomic mass is 9.89. The second kappa shape index (κ2) is 8.20. The van der Waals surface area contributed by atoms with E-state index in [0.717, 1.165) is 38.7 Å². The summed E-state index contributed by atoms with van der Waals surface area (Å²) in [6.07, 6.45) is 0.969. The number of nitrogens with one attached hydrogen (secondary N) is 3. The smallest absolute Gasteiger partial charge is 0.191 e. The lowest BCUT2D eigenvalue weighted by molar-refractivity contribution is -0.0971. The molecule has 0 spiro atoms. The number of nitrogens with zero attached hydrogens (tertiary/aromatic N) is 1. The molecule has 6 heteroatoms. The molecule has 24 heavy (non-hydrogen) atoms. The molecular weight excluding hydrogens is 415 g/mol. The fourth-order valence-electron chi connectivity index (χ4n) is 3.03. The lowest BCUT2D eigenvalue weighted by Crippen LogP contribution is -2.51. The fraction of sp³-hybridized carbons (Fsp3) is 0.500. The largest absolute Gasteiger partial charge is 0.380 e. The number of hydrogen-bond donors (Lipinski definition) is 3. The van der Waals surface area contributed by atoms with Crippen molar-refractivity contribution in [1.29, 1.82) is 0 Å². The molecule has 1 aliphatic heterocycles. The van der Waals surface area contributed by atoms with Crippen LogP contribution in [-0.2, 0) is 11.2 Å². The minimum atomic E-state index is 0. The van der Waals surface area contributed by atoms with E-state index in [1.165, 1.54) is 22.2 Å². The highest BCUT2D eigenvalue weighted by atomic mass is 127. The van der Waals surface area contributed by atoms with Gasteiger partial charge in [0.1, 0.15) is 0 Å². The topological polar surface area (TPSA) is 61.4 Å². The molecule has 2 heterocycles. The van der Waals surface area contributed by atoms with Gasteiger partial charge < -0.3 is 20.4 Å². The van der Waals surface area contributed by atoms with Gasteiger partial charge in [-0.3, -0.25) is 4.99 Å². The summed E-state index contributed by atoms with van der Waals surface area (Å²) in [5, 5.41) is 8.11. The Kier molecular flexibility index (Phi) is 6.51. The van der Waals surface area contributed by atoms with Crippen LogP contribution >= 0.6 is 24.0 Å². The summed E-state index contributed by atoms with van der Waals surface area (Å²) in [6.45, 7) is 7.76. The van der Waals surface area contributed by atoms with E-state index in [4.69, 9.17) is 4.74 Å². The van der Waals surface area contributed by atoms with Crippen LogP contribution < -0.4 is 10.6 Å². The number of benzene rings is 1. The predicted octanol–water partition coefficient (Wildman–Crippen LogP) is 2.84. The summed E-state index contributed by atoms with van der Waals surface area (Å²) in [6, 6.07) is 8.46. The molecule has 1 saturated heterocycles. The van der Waals surface area contributed by atoms with Crippen LogP contribution in [0.15, 0.2) is 29.3 Å². The first kappa shape index (κ1) is 19.1. The zero-order chi connectivity index (χ0) is 16.3. The zero-order valence-electron chi connectivity index (χ0n) is 14.6. The van der Waals surface area contributed by atoms with Crippen LogP contribution in [0.4, 0.5) is 0 Å². The van der Waals surface area contributed by atoms with Gasteiger partial charge in [0.2, 0.25) is 0 Å². The molecule has 0 bridgehead atoms. The highest BCUT2D eigenvalue weighted by Crippen LogP contribution is 2.25. The Labute approximate surface area is 160 Å². The number of aryl methyl sites for hydroxylation is 1. The van der Waals surface area contributed by atoms with E-state index in [9.17, 15) is 0 Å². The minimum absolute atomic E-state index is 0. The van der Waals surface area contributed by atoms with Crippen molar-refractivity contribution in [2.75, 3.05) is 33.4 Å². The maximum atomic E-state index is 5.28. The standard InChI is InChI=1S/C18H26N4O.HI/c1-13-14(15-6-4-5-7-16(15)22-13)8-9-20-17(19-3)21-10-18(2)11-23-12-18;/h4-7,22H,8-12H2,1-3H3,(H2,19,20,21);1H. The number of hydrogen-bond acceptors (Lipinski definition) is 2. The molecule has 0 unspecified atom stereocenters. The van der Waals surface area contributed by atoms with Crippen LogP contribution in [0.25, 0.3) is 10.9 Å². The average Bonchev–Trinajstić information content (AvgIpc) is 2.84. The molecule has 5 nitrogen and oxygen atoms in total. The summed E-state index contributed by atoms with van der Waals surface area (Å²) < 4.78 is 5.28. The van der Waals surface area contributed by atoms with Crippen LogP contribution in [0, 0.1) is 12.3 Å². The zero-order valence-corrected chi connectivity index (χ0v) is 16.9. The third-order valence-electron chi connectivity index (χ3n) is 4.50. The summed E-state index contributed by atoms with van der Waals surface area (Å²) in [4.78, 5) is 7.75. The van der Waals surface area contributed by atoms with E-state index in [1.807, 2.05) is 7.05 Å². The molecule has 2 aromatic rings. The molecule has 1 aliphatic rings. The molecule has 1 aromatic heterocycles. The first-order valence-corrected chi connectivity index (χ1v) is 8.20. The van der Waals surface area contributed by atoms with Gasteiger partial charge >= 0.3 is 0 Å². The molecule has 0 aliphatic carbocycles. The van der Waals surface area contributed by atoms with Crippen molar-refractivity contribution in [3.8, 4) is 0 Å². The van der Waals surface area contributed by atoms with Gasteiger partial charge in [-0.15, -0.1) is 24.0 Å². The van der Waals surface area contributed by atoms with Gasteiger partial charge in [0.05, 0.1) is 13.2 Å². The average molecular weight is 442 g/mol. The molecular formula is C18H27IN4O. The van der Waals surface area contributed by atoms with Gasteiger partial charge in [0.25, 0.3) is 0 Å². The van der Waals surface area contributed by atoms with E-state index in [1.54, 1.807) is 0 Å². The van der Waals surface area contributed by atoms with Crippen molar-refractivity contribution in [2.45, 2.75) is 20.3 Å². The molecule has 132 valence electrons. The minimum Gasteiger partial charge on any atom is -0.380 e. The fourth-order valence-corrected chi connectivity index (χ4v) is 3.03. The van der Waals surface area contributed by atoms with Crippen molar-refractivity contribution < 1.29 is 4.74 Å². The Morgan fingerprint density at radius 2 is 2.04 bits per heavy atom. The second-order valence-electron chi connectivity index (χ2n) is 6.68. The number of para-hydroxylation sites is 1. The Morgan fingerprint density at radius 3 is 2.71 bits per heavy atom. The highest BCUT2D eigenvalue weighted by Gasteiger charge is 2.33. The van der Waals surface area contributed by atoms with E-state index in [0.29, 0.717) is 0 Å². The number of rotatable bonds is 5. The number of ether oxygens (including phenoxy) is 1. The quantitative estimate of drug-likeness (QED) is 0.379. The number of guanidine groups is 1. The number of aromatic amines is 1. The summed E-state index contributed by atoms with van der Waals surface area (Å²) in [5.74, 6) is 0.857. The normalized spacial score (nSPS) is 16.4. The van der Waals surface area contributed by atoms with E-state index >= 15 is 0 Å². The lowest BCUT2D eigenvalue weighted by Gasteiger charge is -2.38. The monoisotopic (exact) mass is 442 g/mol. The molecule has 0 amide bonds. The number of H-pyrrole nitrogens is 1. The molecule has 3 N–H and O–H groups in total. The summed E-state index contributed by atoms with van der Waals surface area (Å²) in [7, 11) is 1.81. The van der Waals surface area contributed by atoms with Gasteiger partial charge in [-0.05, 0) is 25.0 Å². The Morgan fingerprint density at radius 1 is 1.29 bits per heavy atom. The van der Waals surface area contributed by atoms with Crippen LogP contribution in [0.5, 0.6) is 0 Å². The molecule has 0 saturated carbocycles. The highest BCUT2D eigenvalue weighted by molar-refractivity contribution is 14.0. The Balaban J connectivity index is 0.00000208. The van der Waals surface area contributed by atoms with Gasteiger partial charge in [0.15, 0.2) is 5.96 Å². The van der Waals surface area contributed by atoms with Crippen LogP contribution in [0.3, 0.4) is 0 Å². The third-order valence-corrected chi connectivity index (χ3v) is 4.50. The maximum absolute atomic E-state index is 5.28.